The SMILES string of the molecule is Cc1cc(C(=O)NC(C(=O)N2CCCC2C(=O)NC(C=O)CC(=O)O)C(C)C)cc(C)c1O. The van der Waals surface area contributed by atoms with Crippen LogP contribution in [0.5, 0.6) is 5.75 Å². The van der Waals surface area contributed by atoms with Gasteiger partial charge in [0.15, 0.2) is 0 Å². The van der Waals surface area contributed by atoms with Crippen molar-refractivity contribution < 1.29 is 34.2 Å². The van der Waals surface area contributed by atoms with E-state index in [0.717, 1.165) is 0 Å². The molecule has 10 heteroatoms. The van der Waals surface area contributed by atoms with E-state index < -0.39 is 48.2 Å². The molecule has 0 radical (unpaired) electrons. The van der Waals surface area contributed by atoms with Gasteiger partial charge in [-0.05, 0) is 55.9 Å². The number of hydrogen-bond acceptors (Lipinski definition) is 6. The van der Waals surface area contributed by atoms with Crippen LogP contribution in [-0.4, -0.2) is 69.8 Å². The first kappa shape index (κ1) is 25.8. The van der Waals surface area contributed by atoms with Crippen LogP contribution >= 0.6 is 0 Å². The van der Waals surface area contributed by atoms with Crippen molar-refractivity contribution in [3.05, 3.63) is 28.8 Å². The average Bonchev–Trinajstić information content (AvgIpc) is 3.23. The molecule has 3 unspecified atom stereocenters. The van der Waals surface area contributed by atoms with Crippen molar-refractivity contribution >= 4 is 30.0 Å². The number of amides is 3. The Labute approximate surface area is 192 Å². The number of carbonyl (C=O) groups excluding carboxylic acids is 4. The van der Waals surface area contributed by atoms with Gasteiger partial charge in [0, 0.05) is 12.1 Å². The number of carboxylic acids is 1. The van der Waals surface area contributed by atoms with Gasteiger partial charge in [0.2, 0.25) is 11.8 Å². The summed E-state index contributed by atoms with van der Waals surface area (Å²) in [5, 5.41) is 23.9. The molecule has 2 rings (SSSR count). The Morgan fingerprint density at radius 1 is 1.15 bits per heavy atom. The number of aryl methyl sites for hydroxylation is 2. The van der Waals surface area contributed by atoms with Crippen LogP contribution in [0.3, 0.4) is 0 Å². The summed E-state index contributed by atoms with van der Waals surface area (Å²) in [4.78, 5) is 62.2. The van der Waals surface area contributed by atoms with Crippen molar-refractivity contribution in [2.24, 2.45) is 5.92 Å². The first-order chi connectivity index (χ1) is 15.5. The molecule has 1 aliphatic heterocycles. The third-order valence-corrected chi connectivity index (χ3v) is 5.70. The predicted molar refractivity (Wildman–Crippen MR) is 119 cm³/mol. The maximum Gasteiger partial charge on any atom is 0.305 e. The Balaban J connectivity index is 2.17. The number of hydrogen-bond donors (Lipinski definition) is 4. The van der Waals surface area contributed by atoms with Gasteiger partial charge in [-0.3, -0.25) is 19.2 Å². The molecule has 0 spiro atoms. The van der Waals surface area contributed by atoms with Crippen molar-refractivity contribution in [3.8, 4) is 5.75 Å². The Morgan fingerprint density at radius 3 is 2.27 bits per heavy atom. The zero-order valence-electron chi connectivity index (χ0n) is 19.3. The van der Waals surface area contributed by atoms with Crippen LogP contribution in [0.15, 0.2) is 12.1 Å². The predicted octanol–water partition coefficient (Wildman–Crippen LogP) is 0.913. The number of phenolic OH excluding ortho intramolecular Hbond substituents is 1. The van der Waals surface area contributed by atoms with E-state index in [1.54, 1.807) is 27.7 Å². The summed E-state index contributed by atoms with van der Waals surface area (Å²) in [7, 11) is 0. The molecule has 1 aliphatic rings. The van der Waals surface area contributed by atoms with E-state index in [4.69, 9.17) is 5.11 Å². The highest BCUT2D eigenvalue weighted by atomic mass is 16.4. The van der Waals surface area contributed by atoms with E-state index in [9.17, 15) is 29.1 Å². The molecule has 10 nitrogen and oxygen atoms in total. The Bertz CT molecular complexity index is 921. The minimum atomic E-state index is -1.23. The molecular weight excluding hydrogens is 430 g/mol. The zero-order valence-corrected chi connectivity index (χ0v) is 19.3. The van der Waals surface area contributed by atoms with Crippen LogP contribution in [0.25, 0.3) is 0 Å². The highest BCUT2D eigenvalue weighted by Crippen LogP contribution is 2.24. The largest absolute Gasteiger partial charge is 0.507 e. The molecule has 180 valence electrons. The van der Waals surface area contributed by atoms with E-state index >= 15 is 0 Å². The van der Waals surface area contributed by atoms with Gasteiger partial charge >= 0.3 is 5.97 Å². The van der Waals surface area contributed by atoms with Gasteiger partial charge < -0.3 is 30.5 Å². The topological polar surface area (TPSA) is 153 Å². The van der Waals surface area contributed by atoms with Crippen LogP contribution in [0.1, 0.15) is 54.6 Å². The van der Waals surface area contributed by atoms with Crippen molar-refractivity contribution in [2.75, 3.05) is 6.54 Å². The second-order valence-corrected chi connectivity index (χ2v) is 8.69. The number of carboxylic acid groups (broad SMARTS) is 1. The van der Waals surface area contributed by atoms with Gasteiger partial charge in [-0.2, -0.15) is 0 Å². The van der Waals surface area contributed by atoms with E-state index in [0.29, 0.717) is 42.4 Å². The minimum Gasteiger partial charge on any atom is -0.507 e. The first-order valence-electron chi connectivity index (χ1n) is 10.8. The number of nitrogens with zero attached hydrogens (tertiary/aromatic N) is 1. The van der Waals surface area contributed by atoms with Crippen LogP contribution in [0, 0.1) is 19.8 Å². The standard InChI is InChI=1S/C23H31N3O7/c1-12(2)19(25-21(31)15-8-13(3)20(30)14(4)9-15)23(33)26-7-5-6-17(26)22(32)24-16(11-27)10-18(28)29/h8-9,11-12,16-17,19,30H,5-7,10H2,1-4H3,(H,24,32)(H,25,31)(H,28,29). The molecular formula is C23H31N3O7. The highest BCUT2D eigenvalue weighted by molar-refractivity contribution is 5.99. The maximum absolute atomic E-state index is 13.3. The maximum atomic E-state index is 13.3. The average molecular weight is 462 g/mol. The van der Waals surface area contributed by atoms with E-state index in [1.807, 2.05) is 0 Å². The lowest BCUT2D eigenvalue weighted by Crippen LogP contribution is -2.56. The lowest BCUT2D eigenvalue weighted by Gasteiger charge is -2.31. The number of likely N-dealkylation sites (tertiary alicyclic amines) is 1. The summed E-state index contributed by atoms with van der Waals surface area (Å²) < 4.78 is 0. The Hall–Kier alpha value is -3.43. The fourth-order valence-electron chi connectivity index (χ4n) is 3.91. The molecule has 0 aliphatic carbocycles. The normalized spacial score (nSPS) is 17.4. The molecule has 0 aromatic heterocycles. The van der Waals surface area contributed by atoms with Crippen LogP contribution < -0.4 is 10.6 Å². The molecule has 0 bridgehead atoms. The zero-order chi connectivity index (χ0) is 24.9. The second-order valence-electron chi connectivity index (χ2n) is 8.69. The van der Waals surface area contributed by atoms with Crippen molar-refractivity contribution in [1.82, 2.24) is 15.5 Å². The summed E-state index contributed by atoms with van der Waals surface area (Å²) in [5.41, 5.74) is 1.38. The smallest absolute Gasteiger partial charge is 0.305 e. The molecule has 1 fully saturated rings. The first-order valence-corrected chi connectivity index (χ1v) is 10.8. The number of rotatable bonds is 9. The lowest BCUT2D eigenvalue weighted by molar-refractivity contribution is -0.142. The van der Waals surface area contributed by atoms with Gasteiger partial charge in [0.05, 0.1) is 12.5 Å². The number of aromatic hydroxyl groups is 1. The fraction of sp³-hybridized carbons (Fsp3) is 0.522. The number of aliphatic carboxylic acids is 1. The van der Waals surface area contributed by atoms with Crippen molar-refractivity contribution in [1.29, 1.82) is 0 Å². The molecule has 0 saturated carbocycles. The van der Waals surface area contributed by atoms with E-state index in [-0.39, 0.29) is 11.7 Å². The third-order valence-electron chi connectivity index (χ3n) is 5.70. The van der Waals surface area contributed by atoms with Crippen LogP contribution in [-0.2, 0) is 19.2 Å². The van der Waals surface area contributed by atoms with Crippen molar-refractivity contribution in [2.45, 2.75) is 65.1 Å². The Kier molecular flexibility index (Phi) is 8.56. The molecule has 1 aromatic carbocycles. The van der Waals surface area contributed by atoms with Crippen LogP contribution in [0.4, 0.5) is 0 Å². The van der Waals surface area contributed by atoms with Crippen molar-refractivity contribution in [3.63, 3.8) is 0 Å². The summed E-state index contributed by atoms with van der Waals surface area (Å²) >= 11 is 0. The molecule has 1 saturated heterocycles. The monoisotopic (exact) mass is 461 g/mol. The molecule has 3 amide bonds. The fourth-order valence-corrected chi connectivity index (χ4v) is 3.91. The summed E-state index contributed by atoms with van der Waals surface area (Å²) in [5.74, 6) is -2.91. The molecule has 33 heavy (non-hydrogen) atoms. The number of aldehydes is 1. The number of carbonyl (C=O) groups is 5. The quantitative estimate of drug-likeness (QED) is 0.399. The minimum absolute atomic E-state index is 0.102. The van der Waals surface area contributed by atoms with Gasteiger partial charge in [0.25, 0.3) is 5.91 Å². The number of phenols is 1. The van der Waals surface area contributed by atoms with E-state index in [1.165, 1.54) is 17.0 Å². The lowest BCUT2D eigenvalue weighted by atomic mass is 10.0. The molecule has 1 aromatic rings. The van der Waals surface area contributed by atoms with Gasteiger partial charge in [-0.1, -0.05) is 13.8 Å². The molecule has 4 N–H and O–H groups in total. The summed E-state index contributed by atoms with van der Waals surface area (Å²) in [6.07, 6.45) is 0.729. The van der Waals surface area contributed by atoms with E-state index in [2.05, 4.69) is 10.6 Å². The Morgan fingerprint density at radius 2 is 1.76 bits per heavy atom. The number of benzene rings is 1. The summed E-state index contributed by atoms with van der Waals surface area (Å²) in [6, 6.07) is 0.127. The number of nitrogens with one attached hydrogen (secondary N) is 2. The summed E-state index contributed by atoms with van der Waals surface area (Å²) in [6.45, 7) is 7.20. The van der Waals surface area contributed by atoms with Gasteiger partial charge in [-0.25, -0.2) is 0 Å². The van der Waals surface area contributed by atoms with Gasteiger partial charge in [-0.15, -0.1) is 0 Å². The third kappa shape index (κ3) is 6.30. The molecule has 1 heterocycles. The van der Waals surface area contributed by atoms with Gasteiger partial charge in [0.1, 0.15) is 24.1 Å². The highest BCUT2D eigenvalue weighted by Gasteiger charge is 2.39. The van der Waals surface area contributed by atoms with Crippen LogP contribution in [0.2, 0.25) is 0 Å². The second kappa shape index (κ2) is 10.9. The molecule has 3 atom stereocenters.